The molecule has 0 saturated heterocycles. The minimum absolute atomic E-state index is 0.164. The van der Waals surface area contributed by atoms with E-state index < -0.39 is 0 Å². The van der Waals surface area contributed by atoms with Crippen molar-refractivity contribution < 1.29 is 13.9 Å². The second-order valence-corrected chi connectivity index (χ2v) is 5.83. The highest BCUT2D eigenvalue weighted by Gasteiger charge is 2.26. The summed E-state index contributed by atoms with van der Waals surface area (Å²) in [7, 11) is 1.75. The maximum absolute atomic E-state index is 13.8. The molecule has 1 aromatic rings. The van der Waals surface area contributed by atoms with Gasteiger partial charge in [0.05, 0.1) is 18.3 Å². The van der Waals surface area contributed by atoms with Crippen LogP contribution >= 0.6 is 22.6 Å². The molecular formula is C15H20FIO2. The molecule has 0 heterocycles. The van der Waals surface area contributed by atoms with Gasteiger partial charge in [0.1, 0.15) is 5.82 Å². The first-order valence-corrected chi connectivity index (χ1v) is 8.25. The average molecular weight is 378 g/mol. The van der Waals surface area contributed by atoms with Crippen molar-refractivity contribution in [2.45, 2.75) is 44.0 Å². The Hall–Kier alpha value is -0.200. The predicted molar refractivity (Wildman–Crippen MR) is 82.2 cm³/mol. The molecule has 1 aliphatic rings. The molecule has 2 nitrogen and oxygen atoms in total. The van der Waals surface area contributed by atoms with Crippen LogP contribution in [0.3, 0.4) is 0 Å². The minimum atomic E-state index is -0.178. The van der Waals surface area contributed by atoms with E-state index in [0.29, 0.717) is 5.56 Å². The minimum Gasteiger partial charge on any atom is -0.381 e. The van der Waals surface area contributed by atoms with E-state index in [4.69, 9.17) is 9.47 Å². The molecule has 0 amide bonds. The second kappa shape index (κ2) is 7.55. The third-order valence-corrected chi connectivity index (χ3v) is 4.46. The molecule has 3 unspecified atom stereocenters. The van der Waals surface area contributed by atoms with Crippen LogP contribution in [0.2, 0.25) is 0 Å². The van der Waals surface area contributed by atoms with Crippen molar-refractivity contribution in [3.8, 4) is 0 Å². The van der Waals surface area contributed by atoms with E-state index >= 15 is 0 Å². The van der Waals surface area contributed by atoms with Crippen molar-refractivity contribution in [1.82, 2.24) is 0 Å². The van der Waals surface area contributed by atoms with Gasteiger partial charge in [-0.1, -0.05) is 40.8 Å². The van der Waals surface area contributed by atoms with Gasteiger partial charge in [-0.25, -0.2) is 4.39 Å². The molecule has 3 atom stereocenters. The number of halogens is 2. The molecule has 0 radical (unpaired) electrons. The van der Waals surface area contributed by atoms with E-state index in [2.05, 4.69) is 22.6 Å². The molecule has 106 valence electrons. The average Bonchev–Trinajstić information content (AvgIpc) is 2.46. The normalized spacial score (nSPS) is 25.2. The van der Waals surface area contributed by atoms with E-state index in [9.17, 15) is 4.39 Å². The lowest BCUT2D eigenvalue weighted by molar-refractivity contribution is -0.0587. The molecule has 1 aromatic carbocycles. The van der Waals surface area contributed by atoms with Crippen molar-refractivity contribution in [2.75, 3.05) is 11.5 Å². The molecule has 19 heavy (non-hydrogen) atoms. The smallest absolute Gasteiger partial charge is 0.129 e. The summed E-state index contributed by atoms with van der Waals surface area (Å²) in [5.41, 5.74) is 0.663. The van der Waals surface area contributed by atoms with Crippen LogP contribution in [0.5, 0.6) is 0 Å². The summed E-state index contributed by atoms with van der Waals surface area (Å²) in [4.78, 5) is 0. The van der Waals surface area contributed by atoms with Gasteiger partial charge in [-0.15, -0.1) is 0 Å². The maximum atomic E-state index is 13.8. The fourth-order valence-electron chi connectivity index (χ4n) is 2.60. The number of methoxy groups -OCH3 is 1. The number of ether oxygens (including phenoxy) is 2. The zero-order valence-corrected chi connectivity index (χ0v) is 13.3. The molecule has 0 aliphatic heterocycles. The SMILES string of the molecule is COC1CCCC(OC(CI)c2ccccc2F)C1. The second-order valence-electron chi connectivity index (χ2n) is 4.95. The third-order valence-electron chi connectivity index (χ3n) is 3.66. The predicted octanol–water partition coefficient (Wildman–Crippen LogP) is 4.28. The summed E-state index contributed by atoms with van der Waals surface area (Å²) in [6, 6.07) is 6.89. The summed E-state index contributed by atoms with van der Waals surface area (Å²) in [6.45, 7) is 0. The highest BCUT2D eigenvalue weighted by atomic mass is 127. The molecule has 0 aromatic heterocycles. The van der Waals surface area contributed by atoms with Crippen LogP contribution in [0.15, 0.2) is 24.3 Å². The number of hydrogen-bond acceptors (Lipinski definition) is 2. The van der Waals surface area contributed by atoms with E-state index in [-0.39, 0.29) is 24.1 Å². The van der Waals surface area contributed by atoms with Crippen molar-refractivity contribution in [3.63, 3.8) is 0 Å². The zero-order valence-electron chi connectivity index (χ0n) is 11.1. The summed E-state index contributed by atoms with van der Waals surface area (Å²) in [5.74, 6) is -0.178. The van der Waals surface area contributed by atoms with Crippen LogP contribution in [0.4, 0.5) is 4.39 Å². The van der Waals surface area contributed by atoms with Gasteiger partial charge in [0.25, 0.3) is 0 Å². The molecule has 1 fully saturated rings. The molecule has 1 saturated carbocycles. The van der Waals surface area contributed by atoms with Gasteiger partial charge in [0.15, 0.2) is 0 Å². The van der Waals surface area contributed by atoms with Crippen LogP contribution in [-0.4, -0.2) is 23.7 Å². The van der Waals surface area contributed by atoms with Gasteiger partial charge in [-0.05, 0) is 31.7 Å². The van der Waals surface area contributed by atoms with Gasteiger partial charge in [-0.2, -0.15) is 0 Å². The zero-order chi connectivity index (χ0) is 13.7. The lowest BCUT2D eigenvalue weighted by Crippen LogP contribution is -2.29. The standard InChI is InChI=1S/C15H20FIO2/c1-18-11-5-4-6-12(9-11)19-15(10-17)13-7-2-3-8-14(13)16/h2-3,7-8,11-12,15H,4-6,9-10H2,1H3. The lowest BCUT2D eigenvalue weighted by atomic mass is 9.94. The van der Waals surface area contributed by atoms with E-state index in [1.54, 1.807) is 13.2 Å². The molecule has 0 spiro atoms. The van der Waals surface area contributed by atoms with Gasteiger partial charge in [-0.3, -0.25) is 0 Å². The van der Waals surface area contributed by atoms with E-state index in [1.165, 1.54) is 6.07 Å². The number of alkyl halides is 1. The molecule has 2 rings (SSSR count). The monoisotopic (exact) mass is 378 g/mol. The van der Waals surface area contributed by atoms with Crippen LogP contribution in [0.1, 0.15) is 37.4 Å². The van der Waals surface area contributed by atoms with Gasteiger partial charge in [0.2, 0.25) is 0 Å². The molecule has 1 aliphatic carbocycles. The summed E-state index contributed by atoms with van der Waals surface area (Å²) >= 11 is 2.26. The molecular weight excluding hydrogens is 358 g/mol. The lowest BCUT2D eigenvalue weighted by Gasteiger charge is -2.31. The van der Waals surface area contributed by atoms with Crippen molar-refractivity contribution in [2.24, 2.45) is 0 Å². The summed E-state index contributed by atoms with van der Waals surface area (Å²) < 4.78 is 26.1. The number of benzene rings is 1. The van der Waals surface area contributed by atoms with Crippen LogP contribution in [-0.2, 0) is 9.47 Å². The van der Waals surface area contributed by atoms with Crippen LogP contribution in [0, 0.1) is 5.82 Å². The topological polar surface area (TPSA) is 18.5 Å². The third kappa shape index (κ3) is 4.13. The first kappa shape index (κ1) is 15.2. The molecule has 0 bridgehead atoms. The maximum Gasteiger partial charge on any atom is 0.129 e. The van der Waals surface area contributed by atoms with Gasteiger partial charge in [0, 0.05) is 17.1 Å². The highest BCUT2D eigenvalue weighted by molar-refractivity contribution is 14.1. The fraction of sp³-hybridized carbons (Fsp3) is 0.600. The largest absolute Gasteiger partial charge is 0.381 e. The van der Waals surface area contributed by atoms with E-state index in [0.717, 1.165) is 30.1 Å². The Morgan fingerprint density at radius 1 is 1.32 bits per heavy atom. The fourth-order valence-corrected chi connectivity index (χ4v) is 3.28. The Bertz CT molecular complexity index is 399. The van der Waals surface area contributed by atoms with Crippen LogP contribution < -0.4 is 0 Å². The Morgan fingerprint density at radius 2 is 2.05 bits per heavy atom. The van der Waals surface area contributed by atoms with Gasteiger partial charge >= 0.3 is 0 Å². The molecule has 0 N–H and O–H groups in total. The first-order chi connectivity index (χ1) is 9.24. The summed E-state index contributed by atoms with van der Waals surface area (Å²) in [5, 5.41) is 0. The van der Waals surface area contributed by atoms with Crippen molar-refractivity contribution in [3.05, 3.63) is 35.6 Å². The van der Waals surface area contributed by atoms with Gasteiger partial charge < -0.3 is 9.47 Å². The Balaban J connectivity index is 2.01. The van der Waals surface area contributed by atoms with Crippen molar-refractivity contribution in [1.29, 1.82) is 0 Å². The summed E-state index contributed by atoms with van der Waals surface area (Å²) in [6.07, 6.45) is 4.48. The molecule has 4 heteroatoms. The quantitative estimate of drug-likeness (QED) is 0.563. The Morgan fingerprint density at radius 3 is 2.74 bits per heavy atom. The highest BCUT2D eigenvalue weighted by Crippen LogP contribution is 2.30. The Labute approximate surface area is 127 Å². The Kier molecular flexibility index (Phi) is 6.04. The van der Waals surface area contributed by atoms with Crippen LogP contribution in [0.25, 0.3) is 0 Å². The number of hydrogen-bond donors (Lipinski definition) is 0. The number of rotatable bonds is 5. The first-order valence-electron chi connectivity index (χ1n) is 6.73. The van der Waals surface area contributed by atoms with E-state index in [1.807, 2.05) is 12.1 Å². The van der Waals surface area contributed by atoms with Crippen molar-refractivity contribution >= 4 is 22.6 Å².